The molecule has 0 heterocycles. The Bertz CT molecular complexity index is 656. The van der Waals surface area contributed by atoms with Gasteiger partial charge in [-0.05, 0) is 53.7 Å². The van der Waals surface area contributed by atoms with Crippen molar-refractivity contribution < 1.29 is 4.79 Å². The van der Waals surface area contributed by atoms with Gasteiger partial charge in [-0.25, -0.2) is 0 Å². The van der Waals surface area contributed by atoms with Crippen molar-refractivity contribution in [1.29, 1.82) is 0 Å². The van der Waals surface area contributed by atoms with Crippen molar-refractivity contribution in [3.05, 3.63) is 76.8 Å². The van der Waals surface area contributed by atoms with Crippen LogP contribution in [0, 0.1) is 5.92 Å². The van der Waals surface area contributed by atoms with Gasteiger partial charge in [0.1, 0.15) is 0 Å². The number of halogens is 1. The summed E-state index contributed by atoms with van der Waals surface area (Å²) in [6.07, 6.45) is 4.33. The molecule has 0 spiro atoms. The normalized spacial score (nSPS) is 18.4. The maximum absolute atomic E-state index is 12.0. The molecule has 1 aliphatic carbocycles. The van der Waals surface area contributed by atoms with Crippen LogP contribution < -0.4 is 0 Å². The molecule has 1 unspecified atom stereocenters. The molecule has 0 aromatic heterocycles. The molecular weight excluding hydrogens is 280 g/mol. The van der Waals surface area contributed by atoms with Crippen LogP contribution in [-0.4, -0.2) is 5.78 Å². The molecule has 2 aromatic carbocycles. The van der Waals surface area contributed by atoms with Crippen molar-refractivity contribution in [2.24, 2.45) is 5.92 Å². The molecule has 0 N–H and O–H groups in total. The molecule has 1 atom stereocenters. The third kappa shape index (κ3) is 3.62. The monoisotopic (exact) mass is 296 g/mol. The molecule has 1 nitrogen and oxygen atoms in total. The second kappa shape index (κ2) is 6.28. The molecule has 0 bridgehead atoms. The Kier molecular flexibility index (Phi) is 4.21. The Morgan fingerprint density at radius 2 is 1.67 bits per heavy atom. The van der Waals surface area contributed by atoms with Gasteiger partial charge in [-0.3, -0.25) is 4.79 Å². The first-order valence-corrected chi connectivity index (χ1v) is 7.62. The number of benzene rings is 2. The highest BCUT2D eigenvalue weighted by Gasteiger charge is 2.21. The molecule has 0 aliphatic heterocycles. The van der Waals surface area contributed by atoms with Gasteiger partial charge in [0.25, 0.3) is 0 Å². The van der Waals surface area contributed by atoms with Crippen LogP contribution in [0.1, 0.15) is 24.0 Å². The van der Waals surface area contributed by atoms with E-state index in [1.165, 1.54) is 5.56 Å². The average Bonchev–Trinajstić information content (AvgIpc) is 2.50. The second-order valence-electron chi connectivity index (χ2n) is 5.61. The molecule has 21 heavy (non-hydrogen) atoms. The molecular formula is C19H17ClO. The summed E-state index contributed by atoms with van der Waals surface area (Å²) < 4.78 is 0. The Morgan fingerprint density at radius 3 is 2.38 bits per heavy atom. The van der Waals surface area contributed by atoms with E-state index in [1.807, 2.05) is 48.5 Å². The van der Waals surface area contributed by atoms with E-state index in [-0.39, 0.29) is 5.78 Å². The fraction of sp³-hybridized carbons (Fsp3) is 0.211. The van der Waals surface area contributed by atoms with Gasteiger partial charge < -0.3 is 0 Å². The van der Waals surface area contributed by atoms with Crippen LogP contribution in [0.3, 0.4) is 0 Å². The lowest BCUT2D eigenvalue weighted by Crippen LogP contribution is -2.16. The number of allylic oxidation sites excluding steroid dienone is 2. The zero-order chi connectivity index (χ0) is 14.7. The molecule has 2 aromatic rings. The quantitative estimate of drug-likeness (QED) is 0.783. The van der Waals surface area contributed by atoms with Crippen LogP contribution in [-0.2, 0) is 11.2 Å². The molecule has 2 heteroatoms. The number of hydrogen-bond donors (Lipinski definition) is 0. The highest BCUT2D eigenvalue weighted by molar-refractivity contribution is 6.30. The van der Waals surface area contributed by atoms with Crippen LogP contribution in [0.15, 0.2) is 60.7 Å². The van der Waals surface area contributed by atoms with Crippen LogP contribution in [0.5, 0.6) is 0 Å². The van der Waals surface area contributed by atoms with Crippen LogP contribution in [0.4, 0.5) is 0 Å². The summed E-state index contributed by atoms with van der Waals surface area (Å²) in [6.45, 7) is 0. The fourth-order valence-corrected chi connectivity index (χ4v) is 3.06. The maximum atomic E-state index is 12.0. The first-order chi connectivity index (χ1) is 10.2. The minimum absolute atomic E-state index is 0.235. The van der Waals surface area contributed by atoms with Crippen molar-refractivity contribution in [3.63, 3.8) is 0 Å². The van der Waals surface area contributed by atoms with Crippen molar-refractivity contribution in [3.8, 4) is 0 Å². The lowest BCUT2D eigenvalue weighted by atomic mass is 9.82. The predicted molar refractivity (Wildman–Crippen MR) is 87.3 cm³/mol. The van der Waals surface area contributed by atoms with Crippen molar-refractivity contribution in [2.45, 2.75) is 19.3 Å². The molecule has 0 saturated carbocycles. The van der Waals surface area contributed by atoms with E-state index in [0.29, 0.717) is 12.3 Å². The fourth-order valence-electron chi connectivity index (χ4n) is 2.93. The average molecular weight is 297 g/mol. The highest BCUT2D eigenvalue weighted by Crippen LogP contribution is 2.31. The van der Waals surface area contributed by atoms with Gasteiger partial charge in [-0.15, -0.1) is 0 Å². The first kappa shape index (κ1) is 14.1. The largest absolute Gasteiger partial charge is 0.295 e. The molecule has 0 fully saturated rings. The number of ketones is 1. The van der Waals surface area contributed by atoms with E-state index in [0.717, 1.165) is 29.0 Å². The molecule has 106 valence electrons. The van der Waals surface area contributed by atoms with Crippen LogP contribution in [0.25, 0.3) is 5.57 Å². The van der Waals surface area contributed by atoms with Crippen LogP contribution in [0.2, 0.25) is 5.02 Å². The summed E-state index contributed by atoms with van der Waals surface area (Å²) in [5.74, 6) is 0.609. The number of hydrogen-bond acceptors (Lipinski definition) is 1. The topological polar surface area (TPSA) is 17.1 Å². The third-order valence-electron chi connectivity index (χ3n) is 3.92. The second-order valence-corrected chi connectivity index (χ2v) is 6.04. The molecule has 0 saturated heterocycles. The molecule has 0 radical (unpaired) electrons. The Morgan fingerprint density at radius 1 is 0.952 bits per heavy atom. The van der Waals surface area contributed by atoms with Crippen molar-refractivity contribution >= 4 is 23.0 Å². The maximum Gasteiger partial charge on any atom is 0.156 e. The smallest absolute Gasteiger partial charge is 0.156 e. The molecule has 0 amide bonds. The summed E-state index contributed by atoms with van der Waals surface area (Å²) in [7, 11) is 0. The van der Waals surface area contributed by atoms with Gasteiger partial charge in [0, 0.05) is 11.4 Å². The number of rotatable bonds is 3. The Hall–Kier alpha value is -1.86. The number of carbonyl (C=O) groups is 1. The van der Waals surface area contributed by atoms with Gasteiger partial charge in [0.05, 0.1) is 0 Å². The van der Waals surface area contributed by atoms with Crippen LogP contribution >= 0.6 is 11.6 Å². The minimum atomic E-state index is 0.235. The van der Waals surface area contributed by atoms with E-state index < -0.39 is 0 Å². The van der Waals surface area contributed by atoms with Gasteiger partial charge >= 0.3 is 0 Å². The zero-order valence-electron chi connectivity index (χ0n) is 11.8. The SMILES string of the molecule is O=C1C=C(c2ccccc2)CC(Cc2ccc(Cl)cc2)C1. The van der Waals surface area contributed by atoms with Crippen molar-refractivity contribution in [2.75, 3.05) is 0 Å². The summed E-state index contributed by atoms with van der Waals surface area (Å²) in [5, 5.41) is 0.753. The van der Waals surface area contributed by atoms with Gasteiger partial charge in [-0.1, -0.05) is 54.1 Å². The third-order valence-corrected chi connectivity index (χ3v) is 4.17. The van der Waals surface area contributed by atoms with E-state index in [9.17, 15) is 4.79 Å². The van der Waals surface area contributed by atoms with Gasteiger partial charge in [-0.2, -0.15) is 0 Å². The molecule has 1 aliphatic rings. The first-order valence-electron chi connectivity index (χ1n) is 7.24. The number of carbonyl (C=O) groups excluding carboxylic acids is 1. The Labute approximate surface area is 130 Å². The summed E-state index contributed by atoms with van der Waals surface area (Å²) in [4.78, 5) is 12.0. The minimum Gasteiger partial charge on any atom is -0.295 e. The van der Waals surface area contributed by atoms with E-state index in [2.05, 4.69) is 12.1 Å². The highest BCUT2D eigenvalue weighted by atomic mass is 35.5. The van der Waals surface area contributed by atoms with E-state index in [1.54, 1.807) is 0 Å². The van der Waals surface area contributed by atoms with E-state index >= 15 is 0 Å². The predicted octanol–water partition coefficient (Wildman–Crippen LogP) is 4.95. The van der Waals surface area contributed by atoms with Crippen molar-refractivity contribution in [1.82, 2.24) is 0 Å². The standard InChI is InChI=1S/C19H17ClO/c20-18-8-6-14(7-9-18)10-15-11-17(13-19(21)12-15)16-4-2-1-3-5-16/h1-9,13,15H,10-12H2. The lowest BCUT2D eigenvalue weighted by Gasteiger charge is -2.22. The summed E-state index contributed by atoms with van der Waals surface area (Å²) in [5.41, 5.74) is 3.56. The van der Waals surface area contributed by atoms with Gasteiger partial charge in [0.2, 0.25) is 0 Å². The molecule has 3 rings (SSSR count). The van der Waals surface area contributed by atoms with E-state index in [4.69, 9.17) is 11.6 Å². The van der Waals surface area contributed by atoms with Gasteiger partial charge in [0.15, 0.2) is 5.78 Å². The lowest BCUT2D eigenvalue weighted by molar-refractivity contribution is -0.115. The summed E-state index contributed by atoms with van der Waals surface area (Å²) >= 11 is 5.92. The summed E-state index contributed by atoms with van der Waals surface area (Å²) in [6, 6.07) is 18.1. The zero-order valence-corrected chi connectivity index (χ0v) is 12.5. The Balaban J connectivity index is 1.76.